The van der Waals surface area contributed by atoms with Gasteiger partial charge in [-0.2, -0.15) is 0 Å². The van der Waals surface area contributed by atoms with Gasteiger partial charge in [0.2, 0.25) is 0 Å². The maximum atomic E-state index is 10.0. The number of carboxylic acids is 1. The molecule has 0 aromatic rings. The molecule has 8 heteroatoms. The summed E-state index contributed by atoms with van der Waals surface area (Å²) in [6.45, 7) is 1.55. The van der Waals surface area contributed by atoms with Gasteiger partial charge in [0.25, 0.3) is 3.79 Å². The second-order valence-corrected chi connectivity index (χ2v) is 4.27. The molecule has 1 aliphatic heterocycles. The van der Waals surface area contributed by atoms with Crippen LogP contribution in [0.25, 0.3) is 0 Å². The van der Waals surface area contributed by atoms with E-state index in [1.54, 1.807) is 0 Å². The van der Waals surface area contributed by atoms with Gasteiger partial charge in [-0.05, 0) is 0 Å². The maximum absolute atomic E-state index is 10.0. The number of carbonyl (C=O) groups is 2. The Morgan fingerprint density at radius 2 is 1.62 bits per heavy atom. The van der Waals surface area contributed by atoms with Gasteiger partial charge >= 0.3 is 12.0 Å². The highest BCUT2D eigenvalue weighted by molar-refractivity contribution is 6.75. The van der Waals surface area contributed by atoms with E-state index >= 15 is 0 Å². The van der Waals surface area contributed by atoms with Crippen LogP contribution in [0.15, 0.2) is 0 Å². The Morgan fingerprint density at radius 3 is 1.69 bits per heavy atom. The van der Waals surface area contributed by atoms with Crippen molar-refractivity contribution in [3.8, 4) is 0 Å². The fourth-order valence-electron chi connectivity index (χ4n) is 0.415. The highest BCUT2D eigenvalue weighted by atomic mass is 35.6. The van der Waals surface area contributed by atoms with Crippen molar-refractivity contribution in [2.75, 3.05) is 13.1 Å². The van der Waals surface area contributed by atoms with E-state index in [0.29, 0.717) is 0 Å². The molecule has 1 aliphatic rings. The van der Waals surface area contributed by atoms with Gasteiger partial charge in [-0.25, -0.2) is 9.59 Å². The number of aliphatic carboxylic acids is 1. The number of carbonyl (C=O) groups excluding carboxylic acids is 1. The Labute approximate surface area is 89.3 Å². The molecule has 0 atom stereocenters. The fourth-order valence-corrected chi connectivity index (χ4v) is 0.415. The second-order valence-electron chi connectivity index (χ2n) is 1.99. The van der Waals surface area contributed by atoms with E-state index in [1.165, 1.54) is 0 Å². The first-order chi connectivity index (χ1) is 5.84. The standard InChI is InChI=1S/C3H6N2O.C2HCl3O2/c6-3-4-1-2-5-3;3-2(4,5)1(6)7/h1-2H2,(H2,4,5,6);(H,6,7). The molecule has 0 spiro atoms. The SMILES string of the molecule is O=C(O)C(Cl)(Cl)Cl.O=C1NCCN1. The van der Waals surface area contributed by atoms with E-state index in [2.05, 4.69) is 10.6 Å². The summed E-state index contributed by atoms with van der Waals surface area (Å²) in [5.74, 6) is -1.46. The third kappa shape index (κ3) is 6.74. The number of rotatable bonds is 0. The predicted octanol–water partition coefficient (Wildman–Crippen LogP) is 0.740. The van der Waals surface area contributed by atoms with Gasteiger partial charge < -0.3 is 15.7 Å². The lowest BCUT2D eigenvalue weighted by Crippen LogP contribution is -2.20. The quantitative estimate of drug-likeness (QED) is 0.554. The normalized spacial score (nSPS) is 15.2. The predicted molar refractivity (Wildman–Crippen MR) is 49.3 cm³/mol. The molecular formula is C5H7Cl3N2O3. The topological polar surface area (TPSA) is 78.4 Å². The molecule has 5 nitrogen and oxygen atoms in total. The molecule has 0 saturated carbocycles. The first-order valence-corrected chi connectivity index (χ1v) is 4.29. The average Bonchev–Trinajstić information content (AvgIpc) is 2.38. The summed E-state index contributed by atoms with van der Waals surface area (Å²) in [6, 6.07) is -0.0463. The first kappa shape index (κ1) is 12.6. The van der Waals surface area contributed by atoms with Crippen LogP contribution < -0.4 is 10.6 Å². The van der Waals surface area contributed by atoms with Crippen molar-refractivity contribution >= 4 is 46.8 Å². The number of alkyl halides is 3. The molecule has 0 aromatic carbocycles. The van der Waals surface area contributed by atoms with Crippen molar-refractivity contribution in [2.24, 2.45) is 0 Å². The van der Waals surface area contributed by atoms with Gasteiger partial charge in [-0.1, -0.05) is 34.8 Å². The average molecular weight is 249 g/mol. The number of amides is 2. The molecule has 13 heavy (non-hydrogen) atoms. The third-order valence-corrected chi connectivity index (χ3v) is 1.42. The van der Waals surface area contributed by atoms with E-state index in [-0.39, 0.29) is 6.03 Å². The van der Waals surface area contributed by atoms with Crippen LogP contribution in [-0.4, -0.2) is 34.0 Å². The highest BCUT2D eigenvalue weighted by Gasteiger charge is 2.29. The Morgan fingerprint density at radius 1 is 1.31 bits per heavy atom. The second kappa shape index (κ2) is 5.36. The van der Waals surface area contributed by atoms with Gasteiger partial charge in [-0.3, -0.25) is 0 Å². The molecule has 3 N–H and O–H groups in total. The van der Waals surface area contributed by atoms with Gasteiger partial charge in [-0.15, -0.1) is 0 Å². The zero-order valence-electron chi connectivity index (χ0n) is 6.31. The lowest BCUT2D eigenvalue weighted by Gasteiger charge is -1.99. The Kier molecular flexibility index (Phi) is 5.20. The number of carboxylic acid groups (broad SMARTS) is 1. The molecule has 2 amide bonds. The minimum Gasteiger partial charge on any atom is -0.478 e. The fraction of sp³-hybridized carbons (Fsp3) is 0.600. The molecule has 76 valence electrons. The molecule has 1 rings (SSSR count). The van der Waals surface area contributed by atoms with E-state index in [4.69, 9.17) is 39.9 Å². The van der Waals surface area contributed by atoms with Crippen LogP contribution in [0, 0.1) is 0 Å². The summed E-state index contributed by atoms with van der Waals surface area (Å²) >= 11 is 14.4. The lowest BCUT2D eigenvalue weighted by atomic mass is 10.7. The monoisotopic (exact) mass is 248 g/mol. The maximum Gasteiger partial charge on any atom is 0.356 e. The van der Waals surface area contributed by atoms with Crippen LogP contribution in [0.4, 0.5) is 4.79 Å². The van der Waals surface area contributed by atoms with Gasteiger partial charge in [0.15, 0.2) is 0 Å². The third-order valence-electron chi connectivity index (χ3n) is 0.939. The minimum absolute atomic E-state index is 0.0463. The van der Waals surface area contributed by atoms with Crippen molar-refractivity contribution in [1.29, 1.82) is 0 Å². The first-order valence-electron chi connectivity index (χ1n) is 3.16. The minimum atomic E-state index is -2.17. The Bertz CT molecular complexity index is 196. The summed E-state index contributed by atoms with van der Waals surface area (Å²) < 4.78 is -2.17. The molecule has 0 radical (unpaired) electrons. The van der Waals surface area contributed by atoms with Crippen LogP contribution in [0.5, 0.6) is 0 Å². The summed E-state index contributed by atoms with van der Waals surface area (Å²) in [4.78, 5) is 19.6. The van der Waals surface area contributed by atoms with Crippen LogP contribution in [0.3, 0.4) is 0 Å². The van der Waals surface area contributed by atoms with Gasteiger partial charge in [0, 0.05) is 13.1 Å². The van der Waals surface area contributed by atoms with E-state index < -0.39 is 9.76 Å². The largest absolute Gasteiger partial charge is 0.478 e. The van der Waals surface area contributed by atoms with Gasteiger partial charge in [0.1, 0.15) is 0 Å². The zero-order chi connectivity index (χ0) is 10.5. The van der Waals surface area contributed by atoms with E-state index in [0.717, 1.165) is 13.1 Å². The summed E-state index contributed by atoms with van der Waals surface area (Å²) in [5, 5.41) is 13.0. The molecule has 0 aromatic heterocycles. The Balaban J connectivity index is 0.000000223. The summed E-state index contributed by atoms with van der Waals surface area (Å²) in [7, 11) is 0. The zero-order valence-corrected chi connectivity index (χ0v) is 8.58. The van der Waals surface area contributed by atoms with Gasteiger partial charge in [0.05, 0.1) is 0 Å². The van der Waals surface area contributed by atoms with E-state index in [1.807, 2.05) is 0 Å². The smallest absolute Gasteiger partial charge is 0.356 e. The van der Waals surface area contributed by atoms with Crippen molar-refractivity contribution in [2.45, 2.75) is 3.79 Å². The number of nitrogens with one attached hydrogen (secondary N) is 2. The van der Waals surface area contributed by atoms with Crippen molar-refractivity contribution in [3.05, 3.63) is 0 Å². The molecule has 1 saturated heterocycles. The number of hydrogen-bond donors (Lipinski definition) is 3. The van der Waals surface area contributed by atoms with Crippen molar-refractivity contribution in [3.63, 3.8) is 0 Å². The molecular weight excluding hydrogens is 242 g/mol. The van der Waals surface area contributed by atoms with Crippen LogP contribution in [0.1, 0.15) is 0 Å². The van der Waals surface area contributed by atoms with Crippen LogP contribution in [0.2, 0.25) is 0 Å². The lowest BCUT2D eigenvalue weighted by molar-refractivity contribution is -0.135. The van der Waals surface area contributed by atoms with Crippen molar-refractivity contribution in [1.82, 2.24) is 10.6 Å². The molecule has 1 fully saturated rings. The van der Waals surface area contributed by atoms with E-state index in [9.17, 15) is 9.59 Å². The molecule has 0 bridgehead atoms. The molecule has 1 heterocycles. The molecule has 0 unspecified atom stereocenters. The number of halogens is 3. The number of urea groups is 1. The number of hydrogen-bond acceptors (Lipinski definition) is 2. The van der Waals surface area contributed by atoms with Crippen LogP contribution in [-0.2, 0) is 4.79 Å². The highest BCUT2D eigenvalue weighted by Crippen LogP contribution is 2.25. The summed E-state index contributed by atoms with van der Waals surface area (Å²) in [6.07, 6.45) is 0. The van der Waals surface area contributed by atoms with Crippen LogP contribution >= 0.6 is 34.8 Å². The van der Waals surface area contributed by atoms with Crippen molar-refractivity contribution < 1.29 is 14.7 Å². The summed E-state index contributed by atoms with van der Waals surface area (Å²) in [5.41, 5.74) is 0. The molecule has 0 aliphatic carbocycles. The Hall–Kier alpha value is -0.390.